The molecule has 0 saturated heterocycles. The lowest BCUT2D eigenvalue weighted by molar-refractivity contribution is 0.412. The molecule has 0 bridgehead atoms. The van der Waals surface area contributed by atoms with Crippen LogP contribution in [0.2, 0.25) is 0 Å². The summed E-state index contributed by atoms with van der Waals surface area (Å²) in [6.45, 7) is 4.98. The molecule has 4 nitrogen and oxygen atoms in total. The first-order valence-corrected chi connectivity index (χ1v) is 7.00. The Morgan fingerprint density at radius 2 is 2.21 bits per heavy atom. The Morgan fingerprint density at radius 1 is 1.42 bits per heavy atom. The van der Waals surface area contributed by atoms with Gasteiger partial charge < -0.3 is 15.0 Å². The van der Waals surface area contributed by atoms with Crippen molar-refractivity contribution in [2.24, 2.45) is 0 Å². The van der Waals surface area contributed by atoms with E-state index >= 15 is 0 Å². The maximum Gasteiger partial charge on any atom is 0.133 e. The highest BCUT2D eigenvalue weighted by molar-refractivity contribution is 9.10. The summed E-state index contributed by atoms with van der Waals surface area (Å²) in [5.41, 5.74) is 2.08. The van der Waals surface area contributed by atoms with Crippen LogP contribution in [0.15, 0.2) is 28.9 Å². The summed E-state index contributed by atoms with van der Waals surface area (Å²) >= 11 is 3.49. The van der Waals surface area contributed by atoms with Gasteiger partial charge in [-0.1, -0.05) is 13.8 Å². The Morgan fingerprint density at radius 3 is 2.84 bits per heavy atom. The molecule has 0 fully saturated rings. The van der Waals surface area contributed by atoms with Crippen molar-refractivity contribution in [1.82, 2.24) is 15.3 Å². The molecule has 5 heteroatoms. The average molecular weight is 324 g/mol. The molecule has 0 aliphatic carbocycles. The van der Waals surface area contributed by atoms with Crippen molar-refractivity contribution in [3.63, 3.8) is 0 Å². The number of rotatable bonds is 5. The molecule has 2 rings (SSSR count). The zero-order valence-electron chi connectivity index (χ0n) is 11.3. The van der Waals surface area contributed by atoms with Gasteiger partial charge in [0.15, 0.2) is 0 Å². The molecule has 1 aromatic heterocycles. The number of methoxy groups -OCH3 is 1. The van der Waals surface area contributed by atoms with Gasteiger partial charge in [0, 0.05) is 11.6 Å². The van der Waals surface area contributed by atoms with Crippen LogP contribution in [0.5, 0.6) is 5.75 Å². The van der Waals surface area contributed by atoms with Crippen LogP contribution in [-0.4, -0.2) is 23.1 Å². The highest BCUT2D eigenvalue weighted by atomic mass is 79.9. The molecule has 0 amide bonds. The van der Waals surface area contributed by atoms with Gasteiger partial charge in [-0.3, -0.25) is 0 Å². The first-order valence-electron chi connectivity index (χ1n) is 6.21. The fourth-order valence-corrected chi connectivity index (χ4v) is 2.27. The summed E-state index contributed by atoms with van der Waals surface area (Å²) in [5.74, 6) is 1.76. The molecule has 2 N–H and O–H groups in total. The molecule has 19 heavy (non-hydrogen) atoms. The van der Waals surface area contributed by atoms with E-state index in [2.05, 4.69) is 45.1 Å². The fourth-order valence-electron chi connectivity index (χ4n) is 1.73. The third-order valence-electron chi connectivity index (χ3n) is 2.77. The van der Waals surface area contributed by atoms with E-state index in [1.165, 1.54) is 0 Å². The first kappa shape index (κ1) is 14.1. The first-order chi connectivity index (χ1) is 9.10. The summed E-state index contributed by atoms with van der Waals surface area (Å²) in [5, 5.41) is 3.33. The molecule has 0 radical (unpaired) electrons. The van der Waals surface area contributed by atoms with Crippen LogP contribution < -0.4 is 10.1 Å². The number of benzene rings is 1. The highest BCUT2D eigenvalue weighted by Crippen LogP contribution is 2.29. The second kappa shape index (κ2) is 6.21. The van der Waals surface area contributed by atoms with Gasteiger partial charge in [0.25, 0.3) is 0 Å². The van der Waals surface area contributed by atoms with E-state index in [4.69, 9.17) is 4.74 Å². The van der Waals surface area contributed by atoms with E-state index in [1.54, 1.807) is 7.11 Å². The topological polar surface area (TPSA) is 49.9 Å². The lowest BCUT2D eigenvalue weighted by Gasteiger charge is -2.06. The van der Waals surface area contributed by atoms with Crippen molar-refractivity contribution in [2.45, 2.75) is 26.4 Å². The van der Waals surface area contributed by atoms with Crippen molar-refractivity contribution in [3.05, 3.63) is 34.7 Å². The normalized spacial score (nSPS) is 11.0. The lowest BCUT2D eigenvalue weighted by Crippen LogP contribution is -2.22. The van der Waals surface area contributed by atoms with Crippen molar-refractivity contribution < 1.29 is 4.74 Å². The summed E-state index contributed by atoms with van der Waals surface area (Å²) in [4.78, 5) is 7.69. The number of nitrogens with one attached hydrogen (secondary N) is 2. The number of imidazole rings is 1. The number of nitrogens with zero attached hydrogens (tertiary/aromatic N) is 1. The fraction of sp³-hybridized carbons (Fsp3) is 0.357. The molecule has 0 atom stereocenters. The van der Waals surface area contributed by atoms with Gasteiger partial charge in [0.2, 0.25) is 0 Å². The van der Waals surface area contributed by atoms with E-state index in [9.17, 15) is 0 Å². The van der Waals surface area contributed by atoms with Crippen molar-refractivity contribution in [2.75, 3.05) is 7.11 Å². The summed E-state index contributed by atoms with van der Waals surface area (Å²) in [7, 11) is 1.66. The molecular weight excluding hydrogens is 306 g/mol. The third kappa shape index (κ3) is 3.58. The molecule has 2 aromatic rings. The van der Waals surface area contributed by atoms with Crippen LogP contribution >= 0.6 is 15.9 Å². The van der Waals surface area contributed by atoms with Crippen molar-refractivity contribution in [3.8, 4) is 17.0 Å². The standard InChI is InChI=1S/C14H18BrN3O/c1-9(2)16-8-14-17-7-12(18-14)10-4-5-13(19-3)11(15)6-10/h4-7,9,16H,8H2,1-3H3,(H,17,18). The Labute approximate surface area is 121 Å². The minimum atomic E-state index is 0.448. The van der Waals surface area contributed by atoms with Crippen molar-refractivity contribution in [1.29, 1.82) is 0 Å². The van der Waals surface area contributed by atoms with Crippen LogP contribution in [0.4, 0.5) is 0 Å². The molecule has 102 valence electrons. The minimum absolute atomic E-state index is 0.448. The molecule has 1 heterocycles. The maximum atomic E-state index is 5.22. The maximum absolute atomic E-state index is 5.22. The van der Waals surface area contributed by atoms with E-state index in [-0.39, 0.29) is 0 Å². The number of aromatic amines is 1. The van der Waals surface area contributed by atoms with Crippen LogP contribution in [0, 0.1) is 0 Å². The van der Waals surface area contributed by atoms with Gasteiger partial charge >= 0.3 is 0 Å². The molecule has 0 spiro atoms. The molecule has 0 aliphatic heterocycles. The van der Waals surface area contributed by atoms with Gasteiger partial charge in [0.1, 0.15) is 11.6 Å². The Balaban J connectivity index is 2.16. The SMILES string of the molecule is COc1ccc(-c2cnc(CNC(C)C)[nH]2)cc1Br. The smallest absolute Gasteiger partial charge is 0.133 e. The van der Waals surface area contributed by atoms with Gasteiger partial charge in [-0.25, -0.2) is 4.98 Å². The Kier molecular flexibility index (Phi) is 4.61. The zero-order chi connectivity index (χ0) is 13.8. The lowest BCUT2D eigenvalue weighted by atomic mass is 10.2. The average Bonchev–Trinajstić information content (AvgIpc) is 2.85. The second-order valence-corrected chi connectivity index (χ2v) is 5.48. The van der Waals surface area contributed by atoms with Crippen LogP contribution in [-0.2, 0) is 6.54 Å². The van der Waals surface area contributed by atoms with E-state index in [0.717, 1.165) is 33.8 Å². The molecule has 0 unspecified atom stereocenters. The third-order valence-corrected chi connectivity index (χ3v) is 3.39. The molecule has 0 aliphatic rings. The number of hydrogen-bond donors (Lipinski definition) is 2. The minimum Gasteiger partial charge on any atom is -0.496 e. The number of H-pyrrole nitrogens is 1. The number of ether oxygens (including phenoxy) is 1. The van der Waals surface area contributed by atoms with Gasteiger partial charge in [-0.15, -0.1) is 0 Å². The van der Waals surface area contributed by atoms with Crippen LogP contribution in [0.3, 0.4) is 0 Å². The number of halogens is 1. The van der Waals surface area contributed by atoms with Gasteiger partial charge in [0.05, 0.1) is 30.0 Å². The summed E-state index contributed by atoms with van der Waals surface area (Å²) < 4.78 is 6.16. The predicted octanol–water partition coefficient (Wildman–Crippen LogP) is 3.35. The molecule has 1 aromatic carbocycles. The monoisotopic (exact) mass is 323 g/mol. The van der Waals surface area contributed by atoms with Gasteiger partial charge in [-0.2, -0.15) is 0 Å². The largest absolute Gasteiger partial charge is 0.496 e. The number of hydrogen-bond acceptors (Lipinski definition) is 3. The summed E-state index contributed by atoms with van der Waals surface area (Å²) in [6, 6.07) is 6.42. The zero-order valence-corrected chi connectivity index (χ0v) is 12.9. The van der Waals surface area contributed by atoms with E-state index < -0.39 is 0 Å². The van der Waals surface area contributed by atoms with Crippen LogP contribution in [0.1, 0.15) is 19.7 Å². The summed E-state index contributed by atoms with van der Waals surface area (Å²) in [6.07, 6.45) is 1.85. The quantitative estimate of drug-likeness (QED) is 0.887. The second-order valence-electron chi connectivity index (χ2n) is 4.63. The molecule has 0 saturated carbocycles. The number of aromatic nitrogens is 2. The predicted molar refractivity (Wildman–Crippen MR) is 80.3 cm³/mol. The Hall–Kier alpha value is -1.33. The highest BCUT2D eigenvalue weighted by Gasteiger charge is 2.06. The Bertz CT molecular complexity index is 551. The van der Waals surface area contributed by atoms with E-state index in [1.807, 2.05) is 24.4 Å². The van der Waals surface area contributed by atoms with Crippen LogP contribution in [0.25, 0.3) is 11.3 Å². The van der Waals surface area contributed by atoms with Gasteiger partial charge in [-0.05, 0) is 34.1 Å². The van der Waals surface area contributed by atoms with E-state index in [0.29, 0.717) is 6.04 Å². The molecular formula is C14H18BrN3O. The van der Waals surface area contributed by atoms with Crippen molar-refractivity contribution >= 4 is 15.9 Å².